The van der Waals surface area contributed by atoms with Crippen LogP contribution in [0.1, 0.15) is 10.4 Å². The number of fused-ring (bicyclic) bond motifs is 1. The number of nitrogens with zero attached hydrogens (tertiary/aromatic N) is 1. The van der Waals surface area contributed by atoms with Gasteiger partial charge in [0.1, 0.15) is 10.8 Å². The van der Waals surface area contributed by atoms with Gasteiger partial charge in [-0.05, 0) is 24.3 Å². The van der Waals surface area contributed by atoms with Crippen molar-refractivity contribution in [3.05, 3.63) is 46.9 Å². The van der Waals surface area contributed by atoms with Crippen LogP contribution in [0.4, 0.5) is 10.1 Å². The van der Waals surface area contributed by atoms with E-state index in [0.717, 1.165) is 17.8 Å². The van der Waals surface area contributed by atoms with Gasteiger partial charge in [-0.1, -0.05) is 23.4 Å². The third-order valence-electron chi connectivity index (χ3n) is 2.70. The van der Waals surface area contributed by atoms with Crippen LogP contribution in [0.3, 0.4) is 0 Å². The Morgan fingerprint density at radius 3 is 2.85 bits per heavy atom. The van der Waals surface area contributed by atoms with Gasteiger partial charge in [-0.15, -0.1) is 0 Å². The first kappa shape index (κ1) is 13.1. The smallest absolute Gasteiger partial charge is 0.296 e. The predicted octanol–water partition coefficient (Wildman–Crippen LogP) is 3.16. The van der Waals surface area contributed by atoms with Crippen LogP contribution >= 0.6 is 23.4 Å². The zero-order chi connectivity index (χ0) is 14.3. The van der Waals surface area contributed by atoms with Crippen molar-refractivity contribution >= 4 is 40.7 Å². The molecule has 1 aliphatic heterocycles. The Balaban J connectivity index is 2.01. The Hall–Kier alpha value is -1.92. The van der Waals surface area contributed by atoms with E-state index in [2.05, 4.69) is 10.3 Å². The van der Waals surface area contributed by atoms with E-state index in [0.29, 0.717) is 15.7 Å². The van der Waals surface area contributed by atoms with E-state index in [1.807, 2.05) is 0 Å². The van der Waals surface area contributed by atoms with Gasteiger partial charge in [0.05, 0.1) is 21.2 Å². The SMILES string of the molecule is O=C1Nc2cc(Sc3ncccc3Cl)c(F)cc2C1=O. The largest absolute Gasteiger partial charge is 0.318 e. The molecule has 4 nitrogen and oxygen atoms in total. The lowest BCUT2D eigenvalue weighted by Gasteiger charge is -2.06. The van der Waals surface area contributed by atoms with E-state index in [-0.39, 0.29) is 10.5 Å². The fourth-order valence-corrected chi connectivity index (χ4v) is 2.83. The number of halogens is 2. The highest BCUT2D eigenvalue weighted by Crippen LogP contribution is 2.36. The van der Waals surface area contributed by atoms with Crippen molar-refractivity contribution in [2.75, 3.05) is 5.32 Å². The number of anilines is 1. The molecule has 2 aromatic rings. The molecule has 0 atom stereocenters. The average molecular weight is 309 g/mol. The predicted molar refractivity (Wildman–Crippen MR) is 72.7 cm³/mol. The van der Waals surface area contributed by atoms with Crippen molar-refractivity contribution in [2.24, 2.45) is 0 Å². The normalized spacial score (nSPS) is 13.3. The third-order valence-corrected chi connectivity index (χ3v) is 4.17. The van der Waals surface area contributed by atoms with Crippen LogP contribution in [0.15, 0.2) is 40.4 Å². The van der Waals surface area contributed by atoms with Gasteiger partial charge in [0.2, 0.25) is 0 Å². The standard InChI is InChI=1S/C13H6ClFN2O2S/c14-7-2-1-3-16-13(7)20-10-5-9-6(4-8(10)15)11(18)12(19)17-9/h1-5H,(H,17,18,19). The van der Waals surface area contributed by atoms with Crippen molar-refractivity contribution in [1.82, 2.24) is 4.98 Å². The van der Waals surface area contributed by atoms with Gasteiger partial charge in [-0.2, -0.15) is 0 Å². The zero-order valence-electron chi connectivity index (χ0n) is 9.81. The molecule has 1 aromatic heterocycles. The number of carbonyl (C=O) groups is 2. The van der Waals surface area contributed by atoms with Gasteiger partial charge in [0.15, 0.2) is 0 Å². The number of pyridine rings is 1. The topological polar surface area (TPSA) is 59.1 Å². The second kappa shape index (κ2) is 4.88. The molecule has 20 heavy (non-hydrogen) atoms. The Kier molecular flexibility index (Phi) is 3.19. The summed E-state index contributed by atoms with van der Waals surface area (Å²) >= 11 is 6.99. The van der Waals surface area contributed by atoms with E-state index >= 15 is 0 Å². The summed E-state index contributed by atoms with van der Waals surface area (Å²) in [6.45, 7) is 0. The van der Waals surface area contributed by atoms with E-state index in [1.54, 1.807) is 18.3 Å². The first-order valence-corrected chi connectivity index (χ1v) is 6.73. The molecule has 7 heteroatoms. The van der Waals surface area contributed by atoms with Crippen LogP contribution in [-0.2, 0) is 4.79 Å². The number of hydrogen-bond acceptors (Lipinski definition) is 4. The molecule has 0 bridgehead atoms. The molecule has 0 saturated carbocycles. The lowest BCUT2D eigenvalue weighted by molar-refractivity contribution is -0.112. The minimum Gasteiger partial charge on any atom is -0.318 e. The molecule has 0 fully saturated rings. The summed E-state index contributed by atoms with van der Waals surface area (Å²) in [5.74, 6) is -2.08. The first-order chi connectivity index (χ1) is 9.56. The van der Waals surface area contributed by atoms with Crippen molar-refractivity contribution in [2.45, 2.75) is 9.92 Å². The Morgan fingerprint density at radius 1 is 1.30 bits per heavy atom. The van der Waals surface area contributed by atoms with E-state index < -0.39 is 17.5 Å². The maximum Gasteiger partial charge on any atom is 0.296 e. The maximum atomic E-state index is 14.0. The van der Waals surface area contributed by atoms with Gasteiger partial charge >= 0.3 is 0 Å². The summed E-state index contributed by atoms with van der Waals surface area (Å²) in [5.41, 5.74) is 0.347. The Bertz CT molecular complexity index is 751. The fourth-order valence-electron chi connectivity index (χ4n) is 1.77. The van der Waals surface area contributed by atoms with Gasteiger partial charge in [-0.3, -0.25) is 9.59 Å². The molecule has 100 valence electrons. The van der Waals surface area contributed by atoms with Crippen LogP contribution in [0.5, 0.6) is 0 Å². The van der Waals surface area contributed by atoms with Crippen molar-refractivity contribution in [3.8, 4) is 0 Å². The van der Waals surface area contributed by atoms with Gasteiger partial charge < -0.3 is 5.32 Å². The molecule has 1 aromatic carbocycles. The van der Waals surface area contributed by atoms with E-state index in [4.69, 9.17) is 11.6 Å². The quantitative estimate of drug-likeness (QED) is 0.866. The van der Waals surface area contributed by atoms with Crippen molar-refractivity contribution in [3.63, 3.8) is 0 Å². The molecular weight excluding hydrogens is 303 g/mol. The lowest BCUT2D eigenvalue weighted by atomic mass is 10.1. The number of nitrogens with one attached hydrogen (secondary N) is 1. The minimum atomic E-state index is -0.752. The maximum absolute atomic E-state index is 14.0. The van der Waals surface area contributed by atoms with E-state index in [1.165, 1.54) is 6.07 Å². The van der Waals surface area contributed by atoms with Crippen LogP contribution < -0.4 is 5.32 Å². The number of rotatable bonds is 2. The minimum absolute atomic E-state index is 0.0453. The first-order valence-electron chi connectivity index (χ1n) is 5.54. The lowest BCUT2D eigenvalue weighted by Crippen LogP contribution is -2.12. The molecular formula is C13H6ClFN2O2S. The Labute approximate surface area is 122 Å². The Morgan fingerprint density at radius 2 is 2.10 bits per heavy atom. The van der Waals surface area contributed by atoms with Crippen LogP contribution in [0.25, 0.3) is 0 Å². The fraction of sp³-hybridized carbons (Fsp3) is 0. The number of hydrogen-bond donors (Lipinski definition) is 1. The van der Waals surface area contributed by atoms with Crippen LogP contribution in [0, 0.1) is 5.82 Å². The second-order valence-electron chi connectivity index (χ2n) is 4.00. The molecule has 0 unspecified atom stereocenters. The van der Waals surface area contributed by atoms with Crippen molar-refractivity contribution in [1.29, 1.82) is 0 Å². The molecule has 0 radical (unpaired) electrons. The molecule has 1 N–H and O–H groups in total. The summed E-state index contributed by atoms with van der Waals surface area (Å²) in [5, 5.41) is 3.24. The van der Waals surface area contributed by atoms with Gasteiger partial charge in [-0.25, -0.2) is 9.37 Å². The highest BCUT2D eigenvalue weighted by molar-refractivity contribution is 7.99. The highest BCUT2D eigenvalue weighted by Gasteiger charge is 2.29. The molecule has 3 rings (SSSR count). The molecule has 0 saturated heterocycles. The summed E-state index contributed by atoms with van der Waals surface area (Å²) in [6, 6.07) is 5.77. The summed E-state index contributed by atoms with van der Waals surface area (Å²) in [7, 11) is 0. The molecule has 2 heterocycles. The number of benzene rings is 1. The molecule has 1 aliphatic rings. The molecule has 0 spiro atoms. The van der Waals surface area contributed by atoms with Crippen LogP contribution in [-0.4, -0.2) is 16.7 Å². The highest BCUT2D eigenvalue weighted by atomic mass is 35.5. The number of aromatic nitrogens is 1. The van der Waals surface area contributed by atoms with Crippen molar-refractivity contribution < 1.29 is 14.0 Å². The van der Waals surface area contributed by atoms with E-state index in [9.17, 15) is 14.0 Å². The van der Waals surface area contributed by atoms with Gasteiger partial charge in [0, 0.05) is 6.20 Å². The number of amides is 1. The average Bonchev–Trinajstić information content (AvgIpc) is 2.69. The third kappa shape index (κ3) is 2.17. The number of ketones is 1. The van der Waals surface area contributed by atoms with Gasteiger partial charge in [0.25, 0.3) is 11.7 Å². The summed E-state index contributed by atoms with van der Waals surface area (Å²) in [6.07, 6.45) is 1.55. The molecule has 0 aliphatic carbocycles. The number of carbonyl (C=O) groups excluding carboxylic acids is 2. The summed E-state index contributed by atoms with van der Waals surface area (Å²) in [4.78, 5) is 27.0. The molecule has 1 amide bonds. The van der Waals surface area contributed by atoms with Crippen LogP contribution in [0.2, 0.25) is 5.02 Å². The summed E-state index contributed by atoms with van der Waals surface area (Å²) < 4.78 is 14.0. The zero-order valence-corrected chi connectivity index (χ0v) is 11.4. The second-order valence-corrected chi connectivity index (χ2v) is 5.44. The number of Topliss-reactive ketones (excluding diaryl/α,β-unsaturated/α-hetero) is 1. The monoisotopic (exact) mass is 308 g/mol.